The number of carboxylic acid groups (broad SMARTS) is 1. The number of carboxylic acids is 1. The minimum absolute atomic E-state index is 0.262. The number of nitrogens with zero attached hydrogens (tertiary/aromatic N) is 2. The van der Waals surface area contributed by atoms with Crippen LogP contribution in [0, 0.1) is 6.92 Å². The highest BCUT2D eigenvalue weighted by Gasteiger charge is 2.21. The number of urea groups is 1. The first-order valence-electron chi connectivity index (χ1n) is 6.09. The molecule has 2 amide bonds. The second-order valence-electron chi connectivity index (χ2n) is 4.41. The Morgan fingerprint density at radius 1 is 1.60 bits per heavy atom. The van der Waals surface area contributed by atoms with Crippen LogP contribution in [0.4, 0.5) is 4.79 Å². The van der Waals surface area contributed by atoms with Crippen LogP contribution in [0.3, 0.4) is 0 Å². The van der Waals surface area contributed by atoms with Gasteiger partial charge in [0.2, 0.25) is 0 Å². The summed E-state index contributed by atoms with van der Waals surface area (Å²) in [4.78, 5) is 24.3. The summed E-state index contributed by atoms with van der Waals surface area (Å²) < 4.78 is 4.91. The normalized spacial score (nSPS) is 11.9. The van der Waals surface area contributed by atoms with Gasteiger partial charge in [-0.05, 0) is 25.4 Å². The van der Waals surface area contributed by atoms with Crippen molar-refractivity contribution in [3.05, 3.63) is 17.5 Å². The van der Waals surface area contributed by atoms with Gasteiger partial charge in [0.1, 0.15) is 17.5 Å². The van der Waals surface area contributed by atoms with E-state index in [0.717, 1.165) is 0 Å². The lowest BCUT2D eigenvalue weighted by molar-refractivity contribution is -0.139. The largest absolute Gasteiger partial charge is 0.480 e. The predicted octanol–water partition coefficient (Wildman–Crippen LogP) is 1.33. The summed E-state index contributed by atoms with van der Waals surface area (Å²) in [5.74, 6) is 0.305. The third kappa shape index (κ3) is 5.12. The number of amides is 2. The lowest BCUT2D eigenvalue weighted by Gasteiger charge is -2.20. The van der Waals surface area contributed by atoms with Crippen LogP contribution in [-0.2, 0) is 11.3 Å². The zero-order valence-corrected chi connectivity index (χ0v) is 12.6. The maximum atomic E-state index is 11.9. The van der Waals surface area contributed by atoms with Gasteiger partial charge in [0.25, 0.3) is 0 Å². The van der Waals surface area contributed by atoms with Gasteiger partial charge < -0.3 is 19.8 Å². The smallest absolute Gasteiger partial charge is 0.326 e. The van der Waals surface area contributed by atoms with Crippen molar-refractivity contribution in [2.45, 2.75) is 25.9 Å². The third-order valence-corrected chi connectivity index (χ3v) is 3.27. The molecule has 2 N–H and O–H groups in total. The fraction of sp³-hybridized carbons (Fsp3) is 0.583. The topological polar surface area (TPSA) is 95.7 Å². The van der Waals surface area contributed by atoms with Crippen LogP contribution in [0.15, 0.2) is 10.6 Å². The highest BCUT2D eigenvalue weighted by Crippen LogP contribution is 2.06. The second-order valence-corrected chi connectivity index (χ2v) is 5.39. The van der Waals surface area contributed by atoms with E-state index in [-0.39, 0.29) is 6.54 Å². The summed E-state index contributed by atoms with van der Waals surface area (Å²) >= 11 is 1.54. The predicted molar refractivity (Wildman–Crippen MR) is 75.7 cm³/mol. The van der Waals surface area contributed by atoms with Crippen LogP contribution in [0.1, 0.15) is 17.9 Å². The highest BCUT2D eigenvalue weighted by molar-refractivity contribution is 7.98. The van der Waals surface area contributed by atoms with Gasteiger partial charge in [-0.2, -0.15) is 11.8 Å². The molecule has 0 aromatic carbocycles. The number of carbonyl (C=O) groups is 2. The molecular formula is C12H19N3O4S. The Morgan fingerprint density at radius 2 is 2.30 bits per heavy atom. The first-order chi connectivity index (χ1) is 9.43. The molecule has 0 bridgehead atoms. The van der Waals surface area contributed by atoms with Gasteiger partial charge in [-0.3, -0.25) is 0 Å². The lowest BCUT2D eigenvalue weighted by Crippen LogP contribution is -2.46. The van der Waals surface area contributed by atoms with Gasteiger partial charge in [-0.15, -0.1) is 0 Å². The SMILES string of the molecule is CSCC[C@@H](NC(=O)N(C)Cc1cc(C)on1)C(=O)O. The second kappa shape index (κ2) is 7.78. The quantitative estimate of drug-likeness (QED) is 0.789. The number of nitrogens with one attached hydrogen (secondary N) is 1. The van der Waals surface area contributed by atoms with Crippen molar-refractivity contribution in [1.82, 2.24) is 15.4 Å². The average Bonchev–Trinajstić information content (AvgIpc) is 2.79. The Morgan fingerprint density at radius 3 is 2.80 bits per heavy atom. The first-order valence-corrected chi connectivity index (χ1v) is 7.49. The van der Waals surface area contributed by atoms with E-state index >= 15 is 0 Å². The van der Waals surface area contributed by atoms with Crippen molar-refractivity contribution in [1.29, 1.82) is 0 Å². The summed E-state index contributed by atoms with van der Waals surface area (Å²) in [7, 11) is 1.58. The van der Waals surface area contributed by atoms with Gasteiger partial charge in [-0.1, -0.05) is 5.16 Å². The Bertz CT molecular complexity index is 463. The van der Waals surface area contributed by atoms with E-state index in [1.807, 2.05) is 6.26 Å². The van der Waals surface area contributed by atoms with Gasteiger partial charge in [0.05, 0.1) is 6.54 Å². The number of rotatable bonds is 7. The molecule has 0 radical (unpaired) electrons. The van der Waals surface area contributed by atoms with E-state index in [2.05, 4.69) is 10.5 Å². The van der Waals surface area contributed by atoms with Crippen LogP contribution in [-0.4, -0.2) is 52.3 Å². The van der Waals surface area contributed by atoms with E-state index < -0.39 is 18.0 Å². The summed E-state index contributed by atoms with van der Waals surface area (Å²) in [6.07, 6.45) is 2.28. The Balaban J connectivity index is 2.52. The first kappa shape index (κ1) is 16.4. The number of hydrogen-bond acceptors (Lipinski definition) is 5. The van der Waals surface area contributed by atoms with Crippen molar-refractivity contribution in [2.75, 3.05) is 19.1 Å². The average molecular weight is 301 g/mol. The Labute approximate surface area is 121 Å². The van der Waals surface area contributed by atoms with Crippen LogP contribution in [0.25, 0.3) is 0 Å². The number of aliphatic carboxylic acids is 1. The van der Waals surface area contributed by atoms with E-state index in [0.29, 0.717) is 23.6 Å². The van der Waals surface area contributed by atoms with Gasteiger partial charge in [0, 0.05) is 13.1 Å². The van der Waals surface area contributed by atoms with Gasteiger partial charge in [-0.25, -0.2) is 9.59 Å². The minimum Gasteiger partial charge on any atom is -0.480 e. The Hall–Kier alpha value is -1.70. The molecule has 0 fully saturated rings. The molecular weight excluding hydrogens is 282 g/mol. The number of thioether (sulfide) groups is 1. The molecule has 0 aliphatic carbocycles. The molecule has 112 valence electrons. The zero-order valence-electron chi connectivity index (χ0n) is 11.8. The van der Waals surface area contributed by atoms with Crippen LogP contribution in [0.2, 0.25) is 0 Å². The molecule has 20 heavy (non-hydrogen) atoms. The van der Waals surface area contributed by atoms with E-state index in [1.54, 1.807) is 20.0 Å². The molecule has 8 heteroatoms. The van der Waals surface area contributed by atoms with E-state index in [9.17, 15) is 9.59 Å². The van der Waals surface area contributed by atoms with Gasteiger partial charge >= 0.3 is 12.0 Å². The zero-order chi connectivity index (χ0) is 15.1. The number of aryl methyl sites for hydroxylation is 1. The van der Waals surface area contributed by atoms with Crippen molar-refractivity contribution in [3.8, 4) is 0 Å². The molecule has 0 spiro atoms. The van der Waals surface area contributed by atoms with Gasteiger partial charge in [0.15, 0.2) is 0 Å². The number of carbonyl (C=O) groups excluding carboxylic acids is 1. The van der Waals surface area contributed by atoms with E-state index in [4.69, 9.17) is 9.63 Å². The van der Waals surface area contributed by atoms with Crippen molar-refractivity contribution < 1.29 is 19.2 Å². The summed E-state index contributed by atoms with van der Waals surface area (Å²) in [5, 5.41) is 15.3. The maximum absolute atomic E-state index is 11.9. The molecule has 1 rings (SSSR count). The molecule has 0 unspecified atom stereocenters. The molecule has 1 aromatic rings. The molecule has 0 saturated carbocycles. The number of aromatic nitrogens is 1. The molecule has 1 aromatic heterocycles. The highest BCUT2D eigenvalue weighted by atomic mass is 32.2. The minimum atomic E-state index is -1.03. The maximum Gasteiger partial charge on any atom is 0.326 e. The van der Waals surface area contributed by atoms with Crippen LogP contribution >= 0.6 is 11.8 Å². The fourth-order valence-corrected chi connectivity index (χ4v) is 2.03. The van der Waals surface area contributed by atoms with Crippen molar-refractivity contribution in [2.24, 2.45) is 0 Å². The van der Waals surface area contributed by atoms with Crippen molar-refractivity contribution in [3.63, 3.8) is 0 Å². The van der Waals surface area contributed by atoms with Crippen molar-refractivity contribution >= 4 is 23.8 Å². The molecule has 0 saturated heterocycles. The molecule has 1 heterocycles. The summed E-state index contributed by atoms with van der Waals surface area (Å²) in [6, 6.07) is 0.405. The number of hydrogen-bond donors (Lipinski definition) is 2. The molecule has 1 atom stereocenters. The monoisotopic (exact) mass is 301 g/mol. The molecule has 7 nitrogen and oxygen atoms in total. The Kier molecular flexibility index (Phi) is 6.37. The molecule has 0 aliphatic heterocycles. The van der Waals surface area contributed by atoms with Crippen LogP contribution in [0.5, 0.6) is 0 Å². The van der Waals surface area contributed by atoms with E-state index in [1.165, 1.54) is 16.7 Å². The standard InChI is InChI=1S/C12H19N3O4S/c1-8-6-9(14-19-8)7-15(2)12(18)13-10(11(16)17)4-5-20-3/h6,10H,4-5,7H2,1-3H3,(H,13,18)(H,16,17)/t10-/m1/s1. The fourth-order valence-electron chi connectivity index (χ4n) is 1.56. The molecule has 0 aliphatic rings. The van der Waals surface area contributed by atoms with Crippen LogP contribution < -0.4 is 5.32 Å². The third-order valence-electron chi connectivity index (χ3n) is 2.63. The summed E-state index contributed by atoms with van der Waals surface area (Å²) in [5.41, 5.74) is 0.621. The lowest BCUT2D eigenvalue weighted by atomic mass is 10.2. The summed E-state index contributed by atoms with van der Waals surface area (Å²) in [6.45, 7) is 2.03.